The van der Waals surface area contributed by atoms with Crippen LogP contribution < -0.4 is 5.73 Å². The van der Waals surface area contributed by atoms with Crippen LogP contribution in [0.1, 0.15) is 11.1 Å². The Kier molecular flexibility index (Phi) is 3.44. The molecule has 0 aliphatic rings. The van der Waals surface area contributed by atoms with Crippen LogP contribution in [-0.4, -0.2) is 13.1 Å². The predicted octanol–water partition coefficient (Wildman–Crippen LogP) is 1.90. The molecule has 0 aliphatic heterocycles. The number of ether oxygens (including phenoxy) is 1. The highest BCUT2D eigenvalue weighted by atomic mass is 19.1. The summed E-state index contributed by atoms with van der Waals surface area (Å²) in [6.07, 6.45) is 2.48. The second kappa shape index (κ2) is 4.59. The number of benzene rings is 1. The van der Waals surface area contributed by atoms with Crippen LogP contribution in [0.5, 0.6) is 0 Å². The van der Waals surface area contributed by atoms with E-state index in [4.69, 9.17) is 5.73 Å². The Bertz CT molecular complexity index is 413. The quantitative estimate of drug-likeness (QED) is 0.460. The molecule has 4 heteroatoms. The number of carbonyl (C=O) groups is 1. The van der Waals surface area contributed by atoms with Gasteiger partial charge in [-0.1, -0.05) is 0 Å². The molecule has 0 aliphatic carbocycles. The Morgan fingerprint density at radius 2 is 2.20 bits per heavy atom. The average Bonchev–Trinajstić information content (AvgIpc) is 2.21. The van der Waals surface area contributed by atoms with Gasteiger partial charge in [0.05, 0.1) is 7.11 Å². The third-order valence-electron chi connectivity index (χ3n) is 1.99. The molecule has 0 atom stereocenters. The summed E-state index contributed by atoms with van der Waals surface area (Å²) >= 11 is 0. The summed E-state index contributed by atoms with van der Waals surface area (Å²) in [4.78, 5) is 10.8. The molecule has 1 aromatic carbocycles. The first-order valence-corrected chi connectivity index (χ1v) is 4.36. The number of methoxy groups -OCH3 is 1. The average molecular weight is 209 g/mol. The van der Waals surface area contributed by atoms with Crippen LogP contribution in [0.25, 0.3) is 6.08 Å². The van der Waals surface area contributed by atoms with Gasteiger partial charge in [-0.2, -0.15) is 0 Å². The van der Waals surface area contributed by atoms with Gasteiger partial charge in [0, 0.05) is 17.3 Å². The van der Waals surface area contributed by atoms with Crippen LogP contribution in [0.3, 0.4) is 0 Å². The van der Waals surface area contributed by atoms with E-state index in [0.29, 0.717) is 11.3 Å². The number of esters is 1. The fourth-order valence-corrected chi connectivity index (χ4v) is 1.06. The van der Waals surface area contributed by atoms with Crippen molar-refractivity contribution < 1.29 is 13.9 Å². The highest BCUT2D eigenvalue weighted by Crippen LogP contribution is 2.18. The molecule has 0 fully saturated rings. The van der Waals surface area contributed by atoms with Gasteiger partial charge in [0.15, 0.2) is 0 Å². The molecule has 0 saturated heterocycles. The third-order valence-corrected chi connectivity index (χ3v) is 1.99. The second-order valence-corrected chi connectivity index (χ2v) is 3.09. The number of halogens is 1. The van der Waals surface area contributed by atoms with E-state index in [2.05, 4.69) is 4.74 Å². The van der Waals surface area contributed by atoms with Crippen LogP contribution in [0.15, 0.2) is 18.2 Å². The zero-order chi connectivity index (χ0) is 11.4. The first-order valence-electron chi connectivity index (χ1n) is 4.36. The van der Waals surface area contributed by atoms with E-state index in [1.807, 2.05) is 0 Å². The molecule has 0 aromatic heterocycles. The summed E-state index contributed by atoms with van der Waals surface area (Å²) in [6, 6.07) is 2.80. The van der Waals surface area contributed by atoms with Gasteiger partial charge in [-0.3, -0.25) is 0 Å². The maximum atomic E-state index is 13.3. The highest BCUT2D eigenvalue weighted by molar-refractivity contribution is 5.87. The van der Waals surface area contributed by atoms with Crippen LogP contribution in [0.2, 0.25) is 0 Å². The van der Waals surface area contributed by atoms with Crippen molar-refractivity contribution in [3.8, 4) is 0 Å². The van der Waals surface area contributed by atoms with Gasteiger partial charge in [-0.25, -0.2) is 9.18 Å². The number of nitrogens with two attached hydrogens (primary N) is 1. The summed E-state index contributed by atoms with van der Waals surface area (Å²) in [5.41, 5.74) is 7.03. The summed E-state index contributed by atoms with van der Waals surface area (Å²) < 4.78 is 17.7. The van der Waals surface area contributed by atoms with E-state index in [9.17, 15) is 9.18 Å². The van der Waals surface area contributed by atoms with Crippen LogP contribution in [0.4, 0.5) is 10.1 Å². The molecule has 0 amide bonds. The molecule has 2 N–H and O–H groups in total. The number of carbonyl (C=O) groups excluding carboxylic acids is 1. The van der Waals surface area contributed by atoms with Gasteiger partial charge < -0.3 is 10.5 Å². The molecular weight excluding hydrogens is 197 g/mol. The van der Waals surface area contributed by atoms with Crippen molar-refractivity contribution in [2.75, 3.05) is 12.8 Å². The Labute approximate surface area is 87.3 Å². The fourth-order valence-electron chi connectivity index (χ4n) is 1.06. The number of rotatable bonds is 2. The summed E-state index contributed by atoms with van der Waals surface area (Å²) in [5.74, 6) is -0.949. The first-order chi connectivity index (χ1) is 7.04. The van der Waals surface area contributed by atoms with Gasteiger partial charge in [0.25, 0.3) is 0 Å². The lowest BCUT2D eigenvalue weighted by Gasteiger charge is -2.02. The van der Waals surface area contributed by atoms with Crippen molar-refractivity contribution in [2.24, 2.45) is 0 Å². The molecule has 3 nitrogen and oxygen atoms in total. The largest absolute Gasteiger partial charge is 0.466 e. The molecule has 0 unspecified atom stereocenters. The van der Waals surface area contributed by atoms with Crippen LogP contribution in [0, 0.1) is 12.7 Å². The fraction of sp³-hybridized carbons (Fsp3) is 0.182. The van der Waals surface area contributed by atoms with Gasteiger partial charge in [-0.05, 0) is 30.7 Å². The third kappa shape index (κ3) is 2.80. The van der Waals surface area contributed by atoms with Crippen molar-refractivity contribution in [1.82, 2.24) is 0 Å². The lowest BCUT2D eigenvalue weighted by atomic mass is 10.1. The first kappa shape index (κ1) is 11.2. The van der Waals surface area contributed by atoms with Crippen LogP contribution >= 0.6 is 0 Å². The lowest BCUT2D eigenvalue weighted by Crippen LogP contribution is -1.96. The smallest absolute Gasteiger partial charge is 0.330 e. The normalized spacial score (nSPS) is 10.6. The molecule has 0 spiro atoms. The van der Waals surface area contributed by atoms with Gasteiger partial charge in [0.2, 0.25) is 0 Å². The van der Waals surface area contributed by atoms with Crippen molar-refractivity contribution in [3.63, 3.8) is 0 Å². The Balaban J connectivity index is 3.00. The monoisotopic (exact) mass is 209 g/mol. The minimum Gasteiger partial charge on any atom is -0.466 e. The summed E-state index contributed by atoms with van der Waals surface area (Å²) in [7, 11) is 1.26. The van der Waals surface area contributed by atoms with Crippen molar-refractivity contribution in [1.29, 1.82) is 0 Å². The van der Waals surface area contributed by atoms with E-state index in [1.54, 1.807) is 6.92 Å². The van der Waals surface area contributed by atoms with Crippen molar-refractivity contribution in [2.45, 2.75) is 6.92 Å². The van der Waals surface area contributed by atoms with Crippen molar-refractivity contribution >= 4 is 17.7 Å². The number of aryl methyl sites for hydroxylation is 1. The Morgan fingerprint density at radius 1 is 1.53 bits per heavy atom. The van der Waals surface area contributed by atoms with Gasteiger partial charge in [-0.15, -0.1) is 0 Å². The Hall–Kier alpha value is -1.84. The molecular formula is C11H12FNO2. The van der Waals surface area contributed by atoms with E-state index >= 15 is 0 Å². The number of anilines is 1. The SMILES string of the molecule is COC(=O)C=Cc1cc(N)c(C)cc1F. The molecule has 0 radical (unpaired) electrons. The Morgan fingerprint density at radius 3 is 2.80 bits per heavy atom. The van der Waals surface area contributed by atoms with E-state index in [1.165, 1.54) is 25.3 Å². The topological polar surface area (TPSA) is 52.3 Å². The minimum atomic E-state index is -0.534. The molecule has 15 heavy (non-hydrogen) atoms. The zero-order valence-electron chi connectivity index (χ0n) is 8.58. The number of hydrogen-bond acceptors (Lipinski definition) is 3. The zero-order valence-corrected chi connectivity index (χ0v) is 8.58. The minimum absolute atomic E-state index is 0.267. The molecule has 0 heterocycles. The van der Waals surface area contributed by atoms with E-state index in [0.717, 1.165) is 6.08 Å². The summed E-state index contributed by atoms with van der Waals surface area (Å²) in [5, 5.41) is 0. The molecule has 0 bridgehead atoms. The second-order valence-electron chi connectivity index (χ2n) is 3.09. The van der Waals surface area contributed by atoms with Crippen LogP contribution in [-0.2, 0) is 9.53 Å². The summed E-state index contributed by atoms with van der Waals surface area (Å²) in [6.45, 7) is 1.71. The van der Waals surface area contributed by atoms with E-state index in [-0.39, 0.29) is 5.56 Å². The van der Waals surface area contributed by atoms with E-state index < -0.39 is 11.8 Å². The maximum Gasteiger partial charge on any atom is 0.330 e. The lowest BCUT2D eigenvalue weighted by molar-refractivity contribution is -0.134. The number of nitrogen functional groups attached to an aromatic ring is 1. The molecule has 1 aromatic rings. The van der Waals surface area contributed by atoms with Crippen molar-refractivity contribution in [3.05, 3.63) is 35.2 Å². The van der Waals surface area contributed by atoms with Gasteiger partial charge in [0.1, 0.15) is 5.82 Å². The standard InChI is InChI=1S/C11H12FNO2/c1-7-5-9(12)8(6-10(7)13)3-4-11(14)15-2/h3-6H,13H2,1-2H3. The number of hydrogen-bond donors (Lipinski definition) is 1. The molecule has 1 rings (SSSR count). The highest BCUT2D eigenvalue weighted by Gasteiger charge is 2.03. The molecule has 80 valence electrons. The predicted molar refractivity (Wildman–Crippen MR) is 56.6 cm³/mol. The molecule has 0 saturated carbocycles. The maximum absolute atomic E-state index is 13.3. The van der Waals surface area contributed by atoms with Gasteiger partial charge >= 0.3 is 5.97 Å².